The first kappa shape index (κ1) is 16.8. The van der Waals surface area contributed by atoms with Gasteiger partial charge in [0.15, 0.2) is 0 Å². The number of nitrogens with zero attached hydrogens (tertiary/aromatic N) is 1. The number of rotatable bonds is 3. The molecule has 0 aliphatic carbocycles. The number of carbonyl (C=O) groups excluding carboxylic acids is 1. The van der Waals surface area contributed by atoms with E-state index in [2.05, 4.69) is 10.3 Å². The Hall–Kier alpha value is -2.67. The molecule has 0 saturated carbocycles. The number of aryl methyl sites for hydroxylation is 1. The highest BCUT2D eigenvalue weighted by Gasteiger charge is 2.28. The maximum absolute atomic E-state index is 13.9. The van der Waals surface area contributed by atoms with Crippen LogP contribution in [0, 0.1) is 11.6 Å². The quantitative estimate of drug-likeness (QED) is 0.731. The predicted molar refractivity (Wildman–Crippen MR) is 95.8 cm³/mol. The molecule has 7 heteroatoms. The van der Waals surface area contributed by atoms with Gasteiger partial charge in [0.25, 0.3) is 0 Å². The number of oxazole rings is 1. The molecule has 0 spiro atoms. The van der Waals surface area contributed by atoms with E-state index in [9.17, 15) is 13.6 Å². The third kappa shape index (κ3) is 3.10. The average Bonchev–Trinajstić information content (AvgIpc) is 3.09. The third-order valence-corrected chi connectivity index (χ3v) is 5.43. The van der Waals surface area contributed by atoms with Crippen molar-refractivity contribution >= 4 is 23.7 Å². The van der Waals surface area contributed by atoms with E-state index in [0.29, 0.717) is 0 Å². The Morgan fingerprint density at radius 3 is 2.73 bits per heavy atom. The van der Waals surface area contributed by atoms with Crippen molar-refractivity contribution < 1.29 is 18.0 Å². The lowest BCUT2D eigenvalue weighted by Gasteiger charge is -2.23. The molecule has 0 unspecified atom stereocenters. The highest BCUT2D eigenvalue weighted by molar-refractivity contribution is 8.00. The molecular formula is C19H14F2N2O2S. The maximum atomic E-state index is 13.9. The van der Waals surface area contributed by atoms with Crippen LogP contribution in [-0.4, -0.2) is 16.6 Å². The third-order valence-electron chi connectivity index (χ3n) is 4.18. The largest absolute Gasteiger partial charge is 0.431 e. The van der Waals surface area contributed by atoms with E-state index in [1.165, 1.54) is 17.8 Å². The summed E-state index contributed by atoms with van der Waals surface area (Å²) in [5.41, 5.74) is 1.82. The molecule has 1 amide bonds. The molecule has 132 valence electrons. The highest BCUT2D eigenvalue weighted by atomic mass is 32.2. The van der Waals surface area contributed by atoms with Crippen LogP contribution >= 0.6 is 11.8 Å². The second kappa shape index (κ2) is 6.92. The smallest absolute Gasteiger partial charge is 0.301 e. The van der Waals surface area contributed by atoms with Crippen LogP contribution in [0.4, 0.5) is 14.8 Å². The number of fused-ring (bicyclic) bond motifs is 1. The minimum Gasteiger partial charge on any atom is -0.431 e. The normalized spacial score (nSPS) is 16.2. The number of hydrogen-bond acceptors (Lipinski definition) is 4. The van der Waals surface area contributed by atoms with Gasteiger partial charge in [-0.05, 0) is 35.4 Å². The van der Waals surface area contributed by atoms with Crippen molar-refractivity contribution in [3.8, 4) is 11.3 Å². The van der Waals surface area contributed by atoms with Gasteiger partial charge in [-0.2, -0.15) is 4.98 Å². The lowest BCUT2D eigenvalue weighted by Crippen LogP contribution is -2.23. The lowest BCUT2D eigenvalue weighted by molar-refractivity contribution is -0.116. The van der Waals surface area contributed by atoms with Crippen LogP contribution < -0.4 is 5.32 Å². The molecule has 26 heavy (non-hydrogen) atoms. The van der Waals surface area contributed by atoms with E-state index in [-0.39, 0.29) is 28.4 Å². The van der Waals surface area contributed by atoms with Gasteiger partial charge in [-0.15, -0.1) is 11.8 Å². The fourth-order valence-corrected chi connectivity index (χ4v) is 4.16. The number of nitrogens with one attached hydrogen (secondary N) is 1. The summed E-state index contributed by atoms with van der Waals surface area (Å²) in [6.45, 7) is 0. The van der Waals surface area contributed by atoms with Gasteiger partial charge in [0.1, 0.15) is 28.8 Å². The standard InChI is InChI=1S/C19H14F2N2O2S/c20-13-6-3-7-14(21)16(13)15-10-25-19(22-15)23-18(24)17-12-5-2-1-4-11(12)8-9-26-17/h1-7,10,17H,8-9H2,(H,22,23,24)/t17-/m0/s1. The zero-order valence-corrected chi connectivity index (χ0v) is 14.4. The van der Waals surface area contributed by atoms with Gasteiger partial charge in [0.05, 0.1) is 5.56 Å². The Morgan fingerprint density at radius 2 is 1.92 bits per heavy atom. The van der Waals surface area contributed by atoms with Crippen molar-refractivity contribution in [1.82, 2.24) is 4.98 Å². The van der Waals surface area contributed by atoms with E-state index in [4.69, 9.17) is 4.42 Å². The van der Waals surface area contributed by atoms with Crippen LogP contribution in [0.15, 0.2) is 53.1 Å². The van der Waals surface area contributed by atoms with Gasteiger partial charge < -0.3 is 4.42 Å². The first-order chi connectivity index (χ1) is 12.6. The van der Waals surface area contributed by atoms with Crippen molar-refractivity contribution in [3.63, 3.8) is 0 Å². The summed E-state index contributed by atoms with van der Waals surface area (Å²) in [5.74, 6) is -0.919. The molecule has 1 atom stereocenters. The molecule has 0 radical (unpaired) electrons. The van der Waals surface area contributed by atoms with Crippen molar-refractivity contribution in [2.24, 2.45) is 0 Å². The molecule has 0 fully saturated rings. The summed E-state index contributed by atoms with van der Waals surface area (Å²) in [4.78, 5) is 16.6. The lowest BCUT2D eigenvalue weighted by atomic mass is 10.0. The molecule has 4 rings (SSSR count). The molecule has 2 heterocycles. The van der Waals surface area contributed by atoms with Crippen LogP contribution in [0.1, 0.15) is 16.4 Å². The summed E-state index contributed by atoms with van der Waals surface area (Å²) in [6.07, 6.45) is 2.04. The Morgan fingerprint density at radius 1 is 1.15 bits per heavy atom. The van der Waals surface area contributed by atoms with Gasteiger partial charge in [-0.1, -0.05) is 30.3 Å². The molecule has 1 N–H and O–H groups in total. The molecule has 0 bridgehead atoms. The van der Waals surface area contributed by atoms with E-state index < -0.39 is 11.6 Å². The van der Waals surface area contributed by atoms with Crippen LogP contribution in [-0.2, 0) is 11.2 Å². The second-order valence-electron chi connectivity index (χ2n) is 5.82. The minimum atomic E-state index is -0.743. The maximum Gasteiger partial charge on any atom is 0.301 e. The van der Waals surface area contributed by atoms with Gasteiger partial charge in [-0.25, -0.2) is 8.78 Å². The van der Waals surface area contributed by atoms with E-state index in [1.807, 2.05) is 24.3 Å². The summed E-state index contributed by atoms with van der Waals surface area (Å²) < 4.78 is 32.9. The topological polar surface area (TPSA) is 55.1 Å². The number of halogens is 2. The Bertz CT molecular complexity index is 953. The fourth-order valence-electron chi connectivity index (χ4n) is 2.97. The zero-order chi connectivity index (χ0) is 18.1. The van der Waals surface area contributed by atoms with Gasteiger partial charge >= 0.3 is 6.01 Å². The van der Waals surface area contributed by atoms with Crippen LogP contribution in [0.25, 0.3) is 11.3 Å². The molecule has 1 aliphatic heterocycles. The van der Waals surface area contributed by atoms with E-state index in [1.54, 1.807) is 0 Å². The van der Waals surface area contributed by atoms with Crippen molar-refractivity contribution in [2.75, 3.05) is 11.1 Å². The number of carbonyl (C=O) groups is 1. The number of thioether (sulfide) groups is 1. The van der Waals surface area contributed by atoms with Gasteiger partial charge in [-0.3, -0.25) is 10.1 Å². The Kier molecular flexibility index (Phi) is 4.46. The molecule has 1 aliphatic rings. The minimum absolute atomic E-state index is 0.00685. The zero-order valence-electron chi connectivity index (χ0n) is 13.5. The van der Waals surface area contributed by atoms with Crippen LogP contribution in [0.5, 0.6) is 0 Å². The Labute approximate surface area is 152 Å². The highest BCUT2D eigenvalue weighted by Crippen LogP contribution is 2.37. The first-order valence-electron chi connectivity index (χ1n) is 8.03. The number of amides is 1. The number of hydrogen-bond donors (Lipinski definition) is 1. The van der Waals surface area contributed by atoms with Crippen molar-refractivity contribution in [3.05, 3.63) is 71.5 Å². The van der Waals surface area contributed by atoms with Crippen molar-refractivity contribution in [2.45, 2.75) is 11.7 Å². The monoisotopic (exact) mass is 372 g/mol. The van der Waals surface area contributed by atoms with Crippen LogP contribution in [0.2, 0.25) is 0 Å². The predicted octanol–water partition coefficient (Wildman–Crippen LogP) is 4.59. The number of benzene rings is 2. The summed E-state index contributed by atoms with van der Waals surface area (Å²) in [6, 6.07) is 11.3. The molecule has 4 nitrogen and oxygen atoms in total. The van der Waals surface area contributed by atoms with E-state index >= 15 is 0 Å². The first-order valence-corrected chi connectivity index (χ1v) is 9.08. The summed E-state index contributed by atoms with van der Waals surface area (Å²) in [7, 11) is 0. The van der Waals surface area contributed by atoms with Crippen molar-refractivity contribution in [1.29, 1.82) is 0 Å². The molecular weight excluding hydrogens is 358 g/mol. The molecule has 2 aromatic carbocycles. The number of anilines is 1. The second-order valence-corrected chi connectivity index (χ2v) is 7.04. The van der Waals surface area contributed by atoms with Gasteiger partial charge in [0.2, 0.25) is 5.91 Å². The Balaban J connectivity index is 1.56. The number of aromatic nitrogens is 1. The molecule has 0 saturated heterocycles. The fraction of sp³-hybridized carbons (Fsp3) is 0.158. The van der Waals surface area contributed by atoms with Gasteiger partial charge in [0, 0.05) is 0 Å². The summed E-state index contributed by atoms with van der Waals surface area (Å²) >= 11 is 1.54. The van der Waals surface area contributed by atoms with E-state index in [0.717, 1.165) is 41.7 Å². The molecule has 3 aromatic rings. The average molecular weight is 372 g/mol. The molecule has 1 aromatic heterocycles. The summed E-state index contributed by atoms with van der Waals surface area (Å²) in [5, 5.41) is 2.22. The van der Waals surface area contributed by atoms with Crippen LogP contribution in [0.3, 0.4) is 0 Å². The SMILES string of the molecule is O=C(Nc1nc(-c2c(F)cccc2F)co1)[C@H]1SCCc2ccccc21.